The molecule has 0 radical (unpaired) electrons. The fourth-order valence-electron chi connectivity index (χ4n) is 2.21. The maximum Gasteiger partial charge on any atom is 0.0368 e. The minimum Gasteiger partial charge on any atom is -0.375 e. The van der Waals surface area contributed by atoms with Crippen molar-refractivity contribution in [1.29, 1.82) is 0 Å². The Morgan fingerprint density at radius 3 is 2.41 bits per heavy atom. The number of hydrogen-bond donors (Lipinski definition) is 1. The van der Waals surface area contributed by atoms with Crippen LogP contribution >= 0.6 is 0 Å². The molecule has 1 saturated carbocycles. The van der Waals surface area contributed by atoms with E-state index in [0.29, 0.717) is 0 Å². The van der Waals surface area contributed by atoms with Gasteiger partial charge in [-0.25, -0.2) is 0 Å². The van der Waals surface area contributed by atoms with Crippen molar-refractivity contribution in [2.45, 2.75) is 39.2 Å². The monoisotopic (exact) mass is 232 g/mol. The summed E-state index contributed by atoms with van der Waals surface area (Å²) in [6, 6.07) is 7.59. The molecule has 0 amide bonds. The van der Waals surface area contributed by atoms with Gasteiger partial charge in [0.25, 0.3) is 0 Å². The van der Waals surface area contributed by atoms with E-state index in [2.05, 4.69) is 49.3 Å². The molecule has 1 N–H and O–H groups in total. The SMILES string of the molecule is Cc1cc(C)cc(N(C)CCCNC2CC2)c1. The zero-order chi connectivity index (χ0) is 12.3. The third-order valence-electron chi connectivity index (χ3n) is 3.33. The Balaban J connectivity index is 1.78. The Bertz CT molecular complexity index is 349. The second-order valence-corrected chi connectivity index (χ2v) is 5.35. The predicted molar refractivity (Wildman–Crippen MR) is 74.8 cm³/mol. The van der Waals surface area contributed by atoms with Crippen molar-refractivity contribution in [3.05, 3.63) is 29.3 Å². The van der Waals surface area contributed by atoms with Crippen LogP contribution in [0.3, 0.4) is 0 Å². The average Bonchev–Trinajstić information content (AvgIpc) is 3.06. The van der Waals surface area contributed by atoms with Gasteiger partial charge in [0, 0.05) is 25.3 Å². The Morgan fingerprint density at radius 2 is 1.82 bits per heavy atom. The molecule has 0 spiro atoms. The third-order valence-corrected chi connectivity index (χ3v) is 3.33. The molecule has 1 aromatic carbocycles. The van der Waals surface area contributed by atoms with Crippen LogP contribution in [-0.2, 0) is 0 Å². The van der Waals surface area contributed by atoms with Crippen LogP contribution in [-0.4, -0.2) is 26.2 Å². The Labute approximate surface area is 105 Å². The predicted octanol–water partition coefficient (Wildman–Crippen LogP) is 2.88. The minimum atomic E-state index is 0.835. The molecule has 17 heavy (non-hydrogen) atoms. The van der Waals surface area contributed by atoms with Crippen molar-refractivity contribution < 1.29 is 0 Å². The van der Waals surface area contributed by atoms with Crippen LogP contribution in [0.15, 0.2) is 18.2 Å². The Hall–Kier alpha value is -1.02. The number of rotatable bonds is 6. The van der Waals surface area contributed by atoms with E-state index < -0.39 is 0 Å². The highest BCUT2D eigenvalue weighted by molar-refractivity contribution is 5.50. The highest BCUT2D eigenvalue weighted by Crippen LogP contribution is 2.19. The lowest BCUT2D eigenvalue weighted by Gasteiger charge is -2.20. The fraction of sp³-hybridized carbons (Fsp3) is 0.600. The van der Waals surface area contributed by atoms with E-state index in [-0.39, 0.29) is 0 Å². The van der Waals surface area contributed by atoms with E-state index >= 15 is 0 Å². The van der Waals surface area contributed by atoms with E-state index in [1.165, 1.54) is 36.1 Å². The summed E-state index contributed by atoms with van der Waals surface area (Å²) < 4.78 is 0. The lowest BCUT2D eigenvalue weighted by molar-refractivity contribution is 0.642. The van der Waals surface area contributed by atoms with Crippen LogP contribution in [0.5, 0.6) is 0 Å². The van der Waals surface area contributed by atoms with Crippen molar-refractivity contribution in [3.63, 3.8) is 0 Å². The summed E-state index contributed by atoms with van der Waals surface area (Å²) in [5, 5.41) is 3.56. The van der Waals surface area contributed by atoms with Gasteiger partial charge in [-0.3, -0.25) is 0 Å². The second kappa shape index (κ2) is 5.54. The van der Waals surface area contributed by atoms with Gasteiger partial charge in [0.15, 0.2) is 0 Å². The molecule has 2 rings (SSSR count). The lowest BCUT2D eigenvalue weighted by atomic mass is 10.1. The molecule has 2 heteroatoms. The molecule has 0 heterocycles. The van der Waals surface area contributed by atoms with E-state index in [9.17, 15) is 0 Å². The first-order valence-electron chi connectivity index (χ1n) is 6.68. The number of anilines is 1. The lowest BCUT2D eigenvalue weighted by Crippen LogP contribution is -2.24. The summed E-state index contributed by atoms with van der Waals surface area (Å²) in [6.07, 6.45) is 3.99. The third kappa shape index (κ3) is 4.04. The first-order chi connectivity index (χ1) is 8.15. The van der Waals surface area contributed by atoms with Gasteiger partial charge in [0.1, 0.15) is 0 Å². The number of hydrogen-bond acceptors (Lipinski definition) is 2. The van der Waals surface area contributed by atoms with Gasteiger partial charge in [-0.15, -0.1) is 0 Å². The van der Waals surface area contributed by atoms with Gasteiger partial charge in [-0.05, 0) is 62.9 Å². The van der Waals surface area contributed by atoms with Gasteiger partial charge in [-0.1, -0.05) is 6.07 Å². The molecule has 0 atom stereocenters. The van der Waals surface area contributed by atoms with Crippen LogP contribution in [0.25, 0.3) is 0 Å². The molecular formula is C15H24N2. The molecule has 2 nitrogen and oxygen atoms in total. The van der Waals surface area contributed by atoms with Gasteiger partial charge in [0.05, 0.1) is 0 Å². The van der Waals surface area contributed by atoms with Gasteiger partial charge in [0.2, 0.25) is 0 Å². The maximum absolute atomic E-state index is 3.56. The minimum absolute atomic E-state index is 0.835. The number of nitrogens with one attached hydrogen (secondary N) is 1. The molecule has 1 aliphatic carbocycles. The average molecular weight is 232 g/mol. The standard InChI is InChI=1S/C15H24N2/c1-12-9-13(2)11-15(10-12)17(3)8-4-7-16-14-5-6-14/h9-11,14,16H,4-8H2,1-3H3. The van der Waals surface area contributed by atoms with Crippen LogP contribution in [0.1, 0.15) is 30.4 Å². The fourth-order valence-corrected chi connectivity index (χ4v) is 2.21. The molecule has 1 aromatic rings. The Morgan fingerprint density at radius 1 is 1.18 bits per heavy atom. The van der Waals surface area contributed by atoms with Crippen molar-refractivity contribution in [2.75, 3.05) is 25.0 Å². The summed E-state index contributed by atoms with van der Waals surface area (Å²) in [5.74, 6) is 0. The van der Waals surface area contributed by atoms with Crippen molar-refractivity contribution in [3.8, 4) is 0 Å². The van der Waals surface area contributed by atoms with Gasteiger partial charge in [-0.2, -0.15) is 0 Å². The summed E-state index contributed by atoms with van der Waals surface area (Å²) >= 11 is 0. The molecule has 0 unspecified atom stereocenters. The highest BCUT2D eigenvalue weighted by Gasteiger charge is 2.19. The molecular weight excluding hydrogens is 208 g/mol. The zero-order valence-electron chi connectivity index (χ0n) is 11.3. The quantitative estimate of drug-likeness (QED) is 0.759. The Kier molecular flexibility index (Phi) is 4.06. The molecule has 0 saturated heterocycles. The van der Waals surface area contributed by atoms with Crippen LogP contribution in [0.2, 0.25) is 0 Å². The first-order valence-corrected chi connectivity index (χ1v) is 6.68. The van der Waals surface area contributed by atoms with Crippen molar-refractivity contribution >= 4 is 5.69 Å². The zero-order valence-corrected chi connectivity index (χ0v) is 11.3. The molecule has 0 bridgehead atoms. The van der Waals surface area contributed by atoms with E-state index in [0.717, 1.165) is 19.1 Å². The number of benzene rings is 1. The summed E-state index contributed by atoms with van der Waals surface area (Å²) in [7, 11) is 2.19. The topological polar surface area (TPSA) is 15.3 Å². The van der Waals surface area contributed by atoms with E-state index in [1.807, 2.05) is 0 Å². The molecule has 94 valence electrons. The summed E-state index contributed by atoms with van der Waals surface area (Å²) in [4.78, 5) is 2.36. The smallest absolute Gasteiger partial charge is 0.0368 e. The molecule has 1 fully saturated rings. The summed E-state index contributed by atoms with van der Waals surface area (Å²) in [5.41, 5.74) is 4.04. The van der Waals surface area contributed by atoms with Crippen LogP contribution in [0.4, 0.5) is 5.69 Å². The number of nitrogens with zero attached hydrogens (tertiary/aromatic N) is 1. The second-order valence-electron chi connectivity index (χ2n) is 5.35. The largest absolute Gasteiger partial charge is 0.375 e. The molecule has 1 aliphatic rings. The van der Waals surface area contributed by atoms with Crippen molar-refractivity contribution in [1.82, 2.24) is 5.32 Å². The number of aryl methyl sites for hydroxylation is 2. The molecule has 0 aromatic heterocycles. The van der Waals surface area contributed by atoms with Crippen LogP contribution < -0.4 is 10.2 Å². The van der Waals surface area contributed by atoms with E-state index in [4.69, 9.17) is 0 Å². The summed E-state index contributed by atoms with van der Waals surface area (Å²) in [6.45, 7) is 6.61. The normalized spacial score (nSPS) is 15.0. The van der Waals surface area contributed by atoms with Crippen LogP contribution in [0, 0.1) is 13.8 Å². The van der Waals surface area contributed by atoms with E-state index in [1.54, 1.807) is 0 Å². The molecule has 0 aliphatic heterocycles. The van der Waals surface area contributed by atoms with Gasteiger partial charge >= 0.3 is 0 Å². The first kappa shape index (κ1) is 12.4. The highest BCUT2D eigenvalue weighted by atomic mass is 15.1. The van der Waals surface area contributed by atoms with Crippen molar-refractivity contribution in [2.24, 2.45) is 0 Å². The van der Waals surface area contributed by atoms with Gasteiger partial charge < -0.3 is 10.2 Å². The maximum atomic E-state index is 3.56.